The lowest BCUT2D eigenvalue weighted by atomic mass is 9.87. The Bertz CT molecular complexity index is 1110. The van der Waals surface area contributed by atoms with Crippen molar-refractivity contribution in [2.75, 3.05) is 26.2 Å². The van der Waals surface area contributed by atoms with Crippen LogP contribution in [-0.4, -0.2) is 53.9 Å². The highest BCUT2D eigenvalue weighted by atomic mass is 32.2. The zero-order chi connectivity index (χ0) is 22.1. The van der Waals surface area contributed by atoms with Crippen molar-refractivity contribution in [1.82, 2.24) is 19.3 Å². The summed E-state index contributed by atoms with van der Waals surface area (Å²) < 4.78 is 33.0. The molecule has 1 aliphatic heterocycles. The summed E-state index contributed by atoms with van der Waals surface area (Å²) in [5.41, 5.74) is 2.01. The van der Waals surface area contributed by atoms with Gasteiger partial charge in [0.15, 0.2) is 0 Å². The zero-order valence-corrected chi connectivity index (χ0v) is 19.0. The highest BCUT2D eigenvalue weighted by Crippen LogP contribution is 2.25. The van der Waals surface area contributed by atoms with Crippen molar-refractivity contribution in [3.63, 3.8) is 0 Å². The third-order valence-electron chi connectivity index (χ3n) is 5.55. The SMILES string of the molecule is CC(C)(C)c1ccc(S(=O)(=O)N2CCN(Cc3nc(-c4ccccc4)no3)CC2)cc1. The zero-order valence-electron chi connectivity index (χ0n) is 18.2. The van der Waals surface area contributed by atoms with Gasteiger partial charge in [-0.15, -0.1) is 0 Å². The summed E-state index contributed by atoms with van der Waals surface area (Å²) in [4.78, 5) is 6.95. The van der Waals surface area contributed by atoms with Crippen LogP contribution in [0, 0.1) is 0 Å². The standard InChI is InChI=1S/C23H28N4O3S/c1-23(2,3)19-9-11-20(12-10-19)31(28,29)27-15-13-26(14-16-27)17-21-24-22(25-30-21)18-7-5-4-6-8-18/h4-12H,13-17H2,1-3H3. The van der Waals surface area contributed by atoms with Gasteiger partial charge in [0.05, 0.1) is 11.4 Å². The van der Waals surface area contributed by atoms with Crippen LogP contribution < -0.4 is 0 Å². The average molecular weight is 441 g/mol. The largest absolute Gasteiger partial charge is 0.338 e. The van der Waals surface area contributed by atoms with E-state index in [2.05, 4.69) is 35.8 Å². The van der Waals surface area contributed by atoms with Crippen LogP contribution in [0.1, 0.15) is 32.2 Å². The van der Waals surface area contributed by atoms with Gasteiger partial charge in [0.1, 0.15) is 0 Å². The van der Waals surface area contributed by atoms with Gasteiger partial charge in [0, 0.05) is 31.7 Å². The maximum absolute atomic E-state index is 13.0. The molecule has 2 heterocycles. The Morgan fingerprint density at radius 1 is 0.935 bits per heavy atom. The molecule has 1 fully saturated rings. The van der Waals surface area contributed by atoms with Crippen molar-refractivity contribution < 1.29 is 12.9 Å². The number of rotatable bonds is 5. The topological polar surface area (TPSA) is 79.5 Å². The quantitative estimate of drug-likeness (QED) is 0.604. The lowest BCUT2D eigenvalue weighted by Gasteiger charge is -2.33. The van der Waals surface area contributed by atoms with E-state index in [1.165, 1.54) is 0 Å². The molecule has 0 atom stereocenters. The minimum atomic E-state index is -3.50. The fourth-order valence-electron chi connectivity index (χ4n) is 3.62. The molecule has 31 heavy (non-hydrogen) atoms. The minimum absolute atomic E-state index is 0.0109. The van der Waals surface area contributed by atoms with E-state index in [1.54, 1.807) is 16.4 Å². The van der Waals surface area contributed by atoms with E-state index in [-0.39, 0.29) is 5.41 Å². The second-order valence-electron chi connectivity index (χ2n) is 8.83. The highest BCUT2D eigenvalue weighted by Gasteiger charge is 2.29. The Labute approximate surface area is 183 Å². The maximum atomic E-state index is 13.0. The Hall–Kier alpha value is -2.55. The molecule has 0 aliphatic carbocycles. The highest BCUT2D eigenvalue weighted by molar-refractivity contribution is 7.89. The van der Waals surface area contributed by atoms with Crippen molar-refractivity contribution in [1.29, 1.82) is 0 Å². The van der Waals surface area contributed by atoms with Gasteiger partial charge in [-0.1, -0.05) is 68.4 Å². The van der Waals surface area contributed by atoms with Crippen LogP contribution in [0.3, 0.4) is 0 Å². The van der Waals surface area contributed by atoms with Gasteiger partial charge in [0.25, 0.3) is 0 Å². The summed E-state index contributed by atoms with van der Waals surface area (Å²) in [7, 11) is -3.50. The number of aromatic nitrogens is 2. The maximum Gasteiger partial charge on any atom is 0.243 e. The van der Waals surface area contributed by atoms with Gasteiger partial charge in [-0.05, 0) is 23.1 Å². The van der Waals surface area contributed by atoms with E-state index in [9.17, 15) is 8.42 Å². The van der Waals surface area contributed by atoms with E-state index in [4.69, 9.17) is 4.52 Å². The normalized spacial score (nSPS) is 16.5. The lowest BCUT2D eigenvalue weighted by Crippen LogP contribution is -2.48. The van der Waals surface area contributed by atoms with Crippen LogP contribution in [0.2, 0.25) is 0 Å². The second-order valence-corrected chi connectivity index (χ2v) is 10.8. The molecule has 1 saturated heterocycles. The van der Waals surface area contributed by atoms with Crippen LogP contribution in [0.25, 0.3) is 11.4 Å². The molecule has 0 saturated carbocycles. The molecule has 0 N–H and O–H groups in total. The van der Waals surface area contributed by atoms with Crippen LogP contribution in [0.5, 0.6) is 0 Å². The van der Waals surface area contributed by atoms with Gasteiger partial charge in [0.2, 0.25) is 21.7 Å². The molecule has 0 spiro atoms. The number of hydrogen-bond acceptors (Lipinski definition) is 6. The molecular weight excluding hydrogens is 412 g/mol. The number of piperazine rings is 1. The number of nitrogens with zero attached hydrogens (tertiary/aromatic N) is 4. The van der Waals surface area contributed by atoms with Crippen molar-refractivity contribution in [3.8, 4) is 11.4 Å². The predicted molar refractivity (Wildman–Crippen MR) is 119 cm³/mol. The van der Waals surface area contributed by atoms with Crippen molar-refractivity contribution in [2.45, 2.75) is 37.6 Å². The number of sulfonamides is 1. The van der Waals surface area contributed by atoms with Crippen LogP contribution >= 0.6 is 0 Å². The van der Waals surface area contributed by atoms with E-state index in [0.717, 1.165) is 11.1 Å². The summed E-state index contributed by atoms with van der Waals surface area (Å²) in [6.45, 7) is 8.94. The fourth-order valence-corrected chi connectivity index (χ4v) is 5.04. The Kier molecular flexibility index (Phi) is 5.96. The molecular formula is C23H28N4O3S. The van der Waals surface area contributed by atoms with Crippen LogP contribution in [-0.2, 0) is 22.0 Å². The monoisotopic (exact) mass is 440 g/mol. The Balaban J connectivity index is 1.37. The molecule has 0 radical (unpaired) electrons. The van der Waals surface area contributed by atoms with E-state index >= 15 is 0 Å². The molecule has 0 bridgehead atoms. The van der Waals surface area contributed by atoms with Crippen molar-refractivity contribution in [2.24, 2.45) is 0 Å². The lowest BCUT2D eigenvalue weighted by molar-refractivity contribution is 0.163. The first kappa shape index (κ1) is 21.7. The summed E-state index contributed by atoms with van der Waals surface area (Å²) in [5, 5.41) is 4.05. The van der Waals surface area contributed by atoms with Gasteiger partial charge in [-0.2, -0.15) is 9.29 Å². The summed E-state index contributed by atoms with van der Waals surface area (Å²) >= 11 is 0. The first-order valence-corrected chi connectivity index (χ1v) is 11.9. The first-order chi connectivity index (χ1) is 14.7. The molecule has 0 amide bonds. The van der Waals surface area contributed by atoms with E-state index < -0.39 is 10.0 Å². The summed E-state index contributed by atoms with van der Waals surface area (Å²) in [6.07, 6.45) is 0. The molecule has 0 unspecified atom stereocenters. The third-order valence-corrected chi connectivity index (χ3v) is 7.46. The molecule has 3 aromatic rings. The third kappa shape index (κ3) is 4.87. The molecule has 164 valence electrons. The van der Waals surface area contributed by atoms with Crippen molar-refractivity contribution >= 4 is 10.0 Å². The Morgan fingerprint density at radius 2 is 1.58 bits per heavy atom. The predicted octanol–water partition coefficient (Wildman–Crippen LogP) is 3.54. The van der Waals surface area contributed by atoms with Gasteiger partial charge < -0.3 is 4.52 Å². The first-order valence-electron chi connectivity index (χ1n) is 10.4. The van der Waals surface area contributed by atoms with Crippen molar-refractivity contribution in [3.05, 3.63) is 66.1 Å². The smallest absolute Gasteiger partial charge is 0.243 e. The summed E-state index contributed by atoms with van der Waals surface area (Å²) in [6, 6.07) is 16.9. The van der Waals surface area contributed by atoms with E-state index in [1.807, 2.05) is 42.5 Å². The van der Waals surface area contributed by atoms with Gasteiger partial charge in [-0.25, -0.2) is 8.42 Å². The summed E-state index contributed by atoms with van der Waals surface area (Å²) in [5.74, 6) is 1.10. The minimum Gasteiger partial charge on any atom is -0.338 e. The molecule has 1 aromatic heterocycles. The van der Waals surface area contributed by atoms with Gasteiger partial charge in [-0.3, -0.25) is 4.90 Å². The van der Waals surface area contributed by atoms with Crippen LogP contribution in [0.4, 0.5) is 0 Å². The molecule has 1 aliphatic rings. The number of hydrogen-bond donors (Lipinski definition) is 0. The molecule has 7 nitrogen and oxygen atoms in total. The molecule has 4 rings (SSSR count). The van der Waals surface area contributed by atoms with Crippen LogP contribution in [0.15, 0.2) is 64.0 Å². The van der Waals surface area contributed by atoms with Gasteiger partial charge >= 0.3 is 0 Å². The fraction of sp³-hybridized carbons (Fsp3) is 0.391. The average Bonchev–Trinajstić information content (AvgIpc) is 3.23. The Morgan fingerprint density at radius 3 is 2.19 bits per heavy atom. The molecule has 8 heteroatoms. The second kappa shape index (κ2) is 8.53. The van der Waals surface area contributed by atoms with E-state index in [0.29, 0.717) is 49.3 Å². The molecule has 2 aromatic carbocycles. The number of benzene rings is 2.